The van der Waals surface area contributed by atoms with Crippen molar-refractivity contribution >= 4 is 23.2 Å². The second-order valence-electron chi connectivity index (χ2n) is 6.86. The minimum Gasteiger partial charge on any atom is -0.494 e. The van der Waals surface area contributed by atoms with Gasteiger partial charge in [0, 0.05) is 55.5 Å². The van der Waals surface area contributed by atoms with Gasteiger partial charge in [0.2, 0.25) is 5.91 Å². The standard InChI is InChI=1S/C21H24N4O3S/c1-2-28-17-5-3-16(4-6-17)18-15-19-21(27)24(9-10-25(19)22-18)8-7-20(26)23-11-13-29-14-12-23/h3-6,9-10,15H,2,7-8,11-14H2,1H3. The summed E-state index contributed by atoms with van der Waals surface area (Å²) in [4.78, 5) is 27.1. The zero-order valence-corrected chi connectivity index (χ0v) is 17.2. The highest BCUT2D eigenvalue weighted by atomic mass is 32.2. The molecule has 1 aromatic carbocycles. The Morgan fingerprint density at radius 3 is 2.66 bits per heavy atom. The van der Waals surface area contributed by atoms with Crippen LogP contribution in [0, 0.1) is 0 Å². The van der Waals surface area contributed by atoms with Gasteiger partial charge in [-0.1, -0.05) is 0 Å². The van der Waals surface area contributed by atoms with Crippen LogP contribution in [0.1, 0.15) is 13.3 Å². The number of thioether (sulfide) groups is 1. The summed E-state index contributed by atoms with van der Waals surface area (Å²) < 4.78 is 8.65. The van der Waals surface area contributed by atoms with Crippen molar-refractivity contribution in [1.29, 1.82) is 0 Å². The number of carbonyl (C=O) groups is 1. The predicted octanol–water partition coefficient (Wildman–Crippen LogP) is 2.53. The second kappa shape index (κ2) is 8.73. The van der Waals surface area contributed by atoms with Crippen LogP contribution >= 0.6 is 11.8 Å². The molecular formula is C21H24N4O3S. The Bertz CT molecular complexity index is 1050. The summed E-state index contributed by atoms with van der Waals surface area (Å²) in [6, 6.07) is 9.44. The molecule has 0 atom stereocenters. The molecule has 1 saturated heterocycles. The number of aryl methyl sites for hydroxylation is 1. The molecule has 0 spiro atoms. The molecule has 7 nitrogen and oxygen atoms in total. The first kappa shape index (κ1) is 19.6. The van der Waals surface area contributed by atoms with Crippen molar-refractivity contribution in [2.75, 3.05) is 31.2 Å². The molecule has 1 aliphatic rings. The molecule has 2 aromatic heterocycles. The molecule has 1 aliphatic heterocycles. The van der Waals surface area contributed by atoms with E-state index in [0.29, 0.717) is 25.1 Å². The molecule has 4 rings (SSSR count). The Balaban J connectivity index is 1.51. The van der Waals surface area contributed by atoms with Gasteiger partial charge in [-0.3, -0.25) is 9.59 Å². The van der Waals surface area contributed by atoms with Gasteiger partial charge in [-0.05, 0) is 37.3 Å². The topological polar surface area (TPSA) is 68.8 Å². The lowest BCUT2D eigenvalue weighted by Gasteiger charge is -2.26. The number of hydrogen-bond acceptors (Lipinski definition) is 5. The van der Waals surface area contributed by atoms with Crippen LogP contribution in [-0.4, -0.2) is 56.2 Å². The summed E-state index contributed by atoms with van der Waals surface area (Å²) in [5, 5.41) is 4.51. The molecule has 0 bridgehead atoms. The Labute approximate surface area is 173 Å². The van der Waals surface area contributed by atoms with Gasteiger partial charge in [-0.25, -0.2) is 4.52 Å². The van der Waals surface area contributed by atoms with Crippen LogP contribution in [0.25, 0.3) is 16.8 Å². The summed E-state index contributed by atoms with van der Waals surface area (Å²) >= 11 is 1.87. The van der Waals surface area contributed by atoms with Crippen LogP contribution in [0.15, 0.2) is 47.5 Å². The molecule has 29 heavy (non-hydrogen) atoms. The molecule has 0 unspecified atom stereocenters. The van der Waals surface area contributed by atoms with Crippen molar-refractivity contribution < 1.29 is 9.53 Å². The van der Waals surface area contributed by atoms with Crippen molar-refractivity contribution in [3.05, 3.63) is 53.1 Å². The highest BCUT2D eigenvalue weighted by Gasteiger charge is 2.17. The SMILES string of the molecule is CCOc1ccc(-c2cc3c(=O)n(CCC(=O)N4CCSCC4)ccn3n2)cc1. The molecule has 1 amide bonds. The van der Waals surface area contributed by atoms with E-state index in [-0.39, 0.29) is 11.5 Å². The van der Waals surface area contributed by atoms with Gasteiger partial charge in [-0.2, -0.15) is 16.9 Å². The smallest absolute Gasteiger partial charge is 0.276 e. The minimum absolute atomic E-state index is 0.112. The highest BCUT2D eigenvalue weighted by molar-refractivity contribution is 7.99. The molecule has 0 radical (unpaired) electrons. The zero-order valence-electron chi connectivity index (χ0n) is 16.4. The molecule has 0 aliphatic carbocycles. The summed E-state index contributed by atoms with van der Waals surface area (Å²) in [6.45, 7) is 4.53. The van der Waals surface area contributed by atoms with Crippen molar-refractivity contribution in [2.45, 2.75) is 19.9 Å². The van der Waals surface area contributed by atoms with Crippen molar-refractivity contribution in [3.8, 4) is 17.0 Å². The molecule has 3 aromatic rings. The number of amides is 1. The van der Waals surface area contributed by atoms with E-state index in [2.05, 4.69) is 5.10 Å². The van der Waals surface area contributed by atoms with E-state index in [9.17, 15) is 9.59 Å². The number of aromatic nitrogens is 3. The fourth-order valence-electron chi connectivity index (χ4n) is 3.42. The lowest BCUT2D eigenvalue weighted by atomic mass is 10.1. The maximum atomic E-state index is 12.9. The number of benzene rings is 1. The van der Waals surface area contributed by atoms with Gasteiger partial charge in [0.05, 0.1) is 12.3 Å². The summed E-state index contributed by atoms with van der Waals surface area (Å²) in [6.07, 6.45) is 3.79. The summed E-state index contributed by atoms with van der Waals surface area (Å²) in [5.74, 6) is 2.89. The minimum atomic E-state index is -0.140. The Morgan fingerprint density at radius 2 is 1.93 bits per heavy atom. The fraction of sp³-hybridized carbons (Fsp3) is 0.381. The summed E-state index contributed by atoms with van der Waals surface area (Å²) in [7, 11) is 0. The largest absolute Gasteiger partial charge is 0.494 e. The normalized spacial score (nSPS) is 14.3. The van der Waals surface area contributed by atoms with Crippen LogP contribution < -0.4 is 10.3 Å². The quantitative estimate of drug-likeness (QED) is 0.622. The van der Waals surface area contributed by atoms with E-state index in [1.807, 2.05) is 47.9 Å². The lowest BCUT2D eigenvalue weighted by Crippen LogP contribution is -2.38. The first-order chi connectivity index (χ1) is 14.2. The molecule has 0 N–H and O–H groups in total. The van der Waals surface area contributed by atoms with Crippen molar-refractivity contribution in [1.82, 2.24) is 19.1 Å². The van der Waals surface area contributed by atoms with Crippen molar-refractivity contribution in [2.24, 2.45) is 0 Å². The molecule has 8 heteroatoms. The van der Waals surface area contributed by atoms with E-state index in [1.165, 1.54) is 0 Å². The van der Waals surface area contributed by atoms with Gasteiger partial charge < -0.3 is 14.2 Å². The van der Waals surface area contributed by atoms with Crippen LogP contribution in [0.5, 0.6) is 5.75 Å². The monoisotopic (exact) mass is 412 g/mol. The molecular weight excluding hydrogens is 388 g/mol. The first-order valence-electron chi connectivity index (χ1n) is 9.83. The van der Waals surface area contributed by atoms with Gasteiger partial charge in [-0.15, -0.1) is 0 Å². The Hall–Kier alpha value is -2.74. The van der Waals surface area contributed by atoms with Crippen molar-refractivity contribution in [3.63, 3.8) is 0 Å². The fourth-order valence-corrected chi connectivity index (χ4v) is 4.32. The number of ether oxygens (including phenoxy) is 1. The van der Waals surface area contributed by atoms with Crippen LogP contribution in [0.3, 0.4) is 0 Å². The molecule has 1 fully saturated rings. The zero-order chi connectivity index (χ0) is 20.2. The predicted molar refractivity (Wildman–Crippen MR) is 115 cm³/mol. The number of fused-ring (bicyclic) bond motifs is 1. The van der Waals surface area contributed by atoms with E-state index < -0.39 is 0 Å². The van der Waals surface area contributed by atoms with Gasteiger partial charge in [0.25, 0.3) is 5.56 Å². The number of hydrogen-bond donors (Lipinski definition) is 0. The van der Waals surface area contributed by atoms with Crippen LogP contribution in [0.4, 0.5) is 0 Å². The van der Waals surface area contributed by atoms with Gasteiger partial charge in [0.15, 0.2) is 0 Å². The average Bonchev–Trinajstić information content (AvgIpc) is 3.20. The third-order valence-corrected chi connectivity index (χ3v) is 5.94. The average molecular weight is 413 g/mol. The molecule has 152 valence electrons. The van der Waals surface area contributed by atoms with Crippen LogP contribution in [-0.2, 0) is 11.3 Å². The number of rotatable bonds is 6. The first-order valence-corrected chi connectivity index (χ1v) is 11.0. The number of carbonyl (C=O) groups excluding carboxylic acids is 1. The van der Waals surface area contributed by atoms with E-state index in [0.717, 1.165) is 41.6 Å². The highest BCUT2D eigenvalue weighted by Crippen LogP contribution is 2.22. The Kier molecular flexibility index (Phi) is 5.89. The Morgan fingerprint density at radius 1 is 1.17 bits per heavy atom. The number of nitrogens with zero attached hydrogens (tertiary/aromatic N) is 4. The van der Waals surface area contributed by atoms with Crippen LogP contribution in [0.2, 0.25) is 0 Å². The maximum Gasteiger partial charge on any atom is 0.276 e. The van der Waals surface area contributed by atoms with E-state index in [4.69, 9.17) is 4.74 Å². The van der Waals surface area contributed by atoms with Gasteiger partial charge in [0.1, 0.15) is 11.3 Å². The second-order valence-corrected chi connectivity index (χ2v) is 8.08. The third-order valence-electron chi connectivity index (χ3n) is 4.99. The van der Waals surface area contributed by atoms with E-state index >= 15 is 0 Å². The molecule has 0 saturated carbocycles. The third kappa shape index (κ3) is 4.32. The summed E-state index contributed by atoms with van der Waals surface area (Å²) in [5.41, 5.74) is 2.00. The van der Waals surface area contributed by atoms with Gasteiger partial charge >= 0.3 is 0 Å². The maximum absolute atomic E-state index is 12.9. The molecule has 3 heterocycles. The lowest BCUT2D eigenvalue weighted by molar-refractivity contribution is -0.131. The van der Waals surface area contributed by atoms with E-state index in [1.54, 1.807) is 27.5 Å².